The van der Waals surface area contributed by atoms with Gasteiger partial charge in [0.2, 0.25) is 4.96 Å². The quantitative estimate of drug-likeness (QED) is 0.787. The van der Waals surface area contributed by atoms with Crippen molar-refractivity contribution >= 4 is 16.3 Å². The molecule has 0 bridgehead atoms. The van der Waals surface area contributed by atoms with Crippen LogP contribution >= 0.6 is 11.3 Å². The highest BCUT2D eigenvalue weighted by molar-refractivity contribution is 7.16. The number of rotatable bonds is 3. The summed E-state index contributed by atoms with van der Waals surface area (Å²) in [6.07, 6.45) is 2.16. The summed E-state index contributed by atoms with van der Waals surface area (Å²) in [6.45, 7) is 0.984. The zero-order chi connectivity index (χ0) is 15.8. The molecule has 3 aromatic rings. The molecule has 1 aliphatic heterocycles. The average molecular weight is 329 g/mol. The highest BCUT2D eigenvalue weighted by Crippen LogP contribution is 2.26. The molecule has 1 fully saturated rings. The van der Waals surface area contributed by atoms with Gasteiger partial charge in [-0.05, 0) is 43.7 Å². The van der Waals surface area contributed by atoms with Gasteiger partial charge < -0.3 is 10.1 Å². The van der Waals surface area contributed by atoms with E-state index in [0.29, 0.717) is 16.2 Å². The van der Waals surface area contributed by atoms with Gasteiger partial charge in [-0.1, -0.05) is 11.3 Å². The first-order valence-corrected chi connectivity index (χ1v) is 8.22. The Morgan fingerprint density at radius 1 is 1.30 bits per heavy atom. The molecule has 0 aliphatic carbocycles. The third-order valence-corrected chi connectivity index (χ3v) is 4.94. The average Bonchev–Trinajstić information content (AvgIpc) is 3.25. The van der Waals surface area contributed by atoms with E-state index < -0.39 is 0 Å². The van der Waals surface area contributed by atoms with Crippen LogP contribution in [0.3, 0.4) is 0 Å². The molecule has 0 radical (unpaired) electrons. The van der Waals surface area contributed by atoms with E-state index in [1.165, 1.54) is 15.9 Å². The lowest BCUT2D eigenvalue weighted by Crippen LogP contribution is -2.20. The van der Waals surface area contributed by atoms with E-state index >= 15 is 0 Å². The fourth-order valence-electron chi connectivity index (χ4n) is 2.70. The molecule has 23 heavy (non-hydrogen) atoms. The summed E-state index contributed by atoms with van der Waals surface area (Å²) in [6, 6.07) is 7.39. The number of methoxy groups -OCH3 is 1. The SMILES string of the molecule is COc1ccc(-c2nnc3sc(C4CCCN4)nn3c2=O)cc1. The Bertz CT molecular complexity index is 896. The molecule has 7 nitrogen and oxygen atoms in total. The van der Waals surface area contributed by atoms with Crippen molar-refractivity contribution in [3.05, 3.63) is 39.6 Å². The van der Waals surface area contributed by atoms with E-state index in [9.17, 15) is 4.79 Å². The van der Waals surface area contributed by atoms with Crippen molar-refractivity contribution in [3.8, 4) is 17.0 Å². The number of aromatic nitrogens is 4. The number of benzene rings is 1. The third-order valence-electron chi connectivity index (χ3n) is 3.93. The van der Waals surface area contributed by atoms with Crippen LogP contribution in [0, 0.1) is 0 Å². The van der Waals surface area contributed by atoms with Gasteiger partial charge in [-0.25, -0.2) is 0 Å². The minimum absolute atomic E-state index is 0.213. The maximum absolute atomic E-state index is 12.7. The maximum atomic E-state index is 12.7. The summed E-state index contributed by atoms with van der Waals surface area (Å²) < 4.78 is 6.48. The molecular formula is C15H15N5O2S. The number of hydrogen-bond donors (Lipinski definition) is 1. The second-order valence-corrected chi connectivity index (χ2v) is 6.35. The molecule has 3 heterocycles. The second-order valence-electron chi connectivity index (χ2n) is 5.37. The third kappa shape index (κ3) is 2.49. The van der Waals surface area contributed by atoms with Crippen LogP contribution < -0.4 is 15.6 Å². The summed E-state index contributed by atoms with van der Waals surface area (Å²) in [5.74, 6) is 0.728. The Balaban J connectivity index is 1.78. The lowest BCUT2D eigenvalue weighted by atomic mass is 10.1. The number of ether oxygens (including phenoxy) is 1. The smallest absolute Gasteiger partial charge is 0.302 e. The van der Waals surface area contributed by atoms with Crippen LogP contribution in [-0.2, 0) is 0 Å². The van der Waals surface area contributed by atoms with E-state index in [1.54, 1.807) is 31.4 Å². The lowest BCUT2D eigenvalue weighted by Gasteiger charge is -2.03. The maximum Gasteiger partial charge on any atom is 0.302 e. The van der Waals surface area contributed by atoms with Crippen LogP contribution in [0.1, 0.15) is 23.9 Å². The Labute approximate surface area is 135 Å². The molecular weight excluding hydrogens is 314 g/mol. The number of nitrogens with zero attached hydrogens (tertiary/aromatic N) is 4. The molecule has 1 aliphatic rings. The minimum Gasteiger partial charge on any atom is -0.497 e. The largest absolute Gasteiger partial charge is 0.497 e. The monoisotopic (exact) mass is 329 g/mol. The van der Waals surface area contributed by atoms with Crippen molar-refractivity contribution in [1.82, 2.24) is 25.1 Å². The lowest BCUT2D eigenvalue weighted by molar-refractivity contribution is 0.415. The predicted molar refractivity (Wildman–Crippen MR) is 86.9 cm³/mol. The van der Waals surface area contributed by atoms with Crippen molar-refractivity contribution in [2.75, 3.05) is 13.7 Å². The number of fused-ring (bicyclic) bond motifs is 1. The zero-order valence-electron chi connectivity index (χ0n) is 12.5. The number of nitrogens with one attached hydrogen (secondary N) is 1. The summed E-state index contributed by atoms with van der Waals surface area (Å²) in [7, 11) is 1.60. The summed E-state index contributed by atoms with van der Waals surface area (Å²) in [4.78, 5) is 13.2. The van der Waals surface area contributed by atoms with Crippen molar-refractivity contribution in [3.63, 3.8) is 0 Å². The Morgan fingerprint density at radius 3 is 2.83 bits per heavy atom. The molecule has 0 saturated carbocycles. The topological polar surface area (TPSA) is 81.4 Å². The summed E-state index contributed by atoms with van der Waals surface area (Å²) in [5.41, 5.74) is 0.744. The van der Waals surface area contributed by atoms with E-state index in [4.69, 9.17) is 4.74 Å². The van der Waals surface area contributed by atoms with Crippen molar-refractivity contribution in [2.45, 2.75) is 18.9 Å². The van der Waals surface area contributed by atoms with Crippen LogP contribution in [0.4, 0.5) is 0 Å². The molecule has 0 spiro atoms. The first-order valence-electron chi connectivity index (χ1n) is 7.40. The van der Waals surface area contributed by atoms with Gasteiger partial charge >= 0.3 is 5.56 Å². The molecule has 1 saturated heterocycles. The van der Waals surface area contributed by atoms with Crippen molar-refractivity contribution in [1.29, 1.82) is 0 Å². The minimum atomic E-state index is -0.249. The van der Waals surface area contributed by atoms with Crippen molar-refractivity contribution in [2.24, 2.45) is 0 Å². The Kier molecular flexibility index (Phi) is 3.55. The van der Waals surface area contributed by atoms with Gasteiger partial charge in [0, 0.05) is 5.56 Å². The Morgan fingerprint density at radius 2 is 2.13 bits per heavy atom. The number of hydrogen-bond acceptors (Lipinski definition) is 7. The van der Waals surface area contributed by atoms with Crippen LogP contribution in [0.2, 0.25) is 0 Å². The van der Waals surface area contributed by atoms with Gasteiger partial charge in [-0.3, -0.25) is 4.79 Å². The van der Waals surface area contributed by atoms with Crippen LogP contribution in [-0.4, -0.2) is 33.5 Å². The fraction of sp³-hybridized carbons (Fsp3) is 0.333. The molecule has 1 unspecified atom stereocenters. The molecule has 1 aromatic carbocycles. The molecule has 1 N–H and O–H groups in total. The van der Waals surface area contributed by atoms with Crippen molar-refractivity contribution < 1.29 is 4.74 Å². The second kappa shape index (κ2) is 5.71. The van der Waals surface area contributed by atoms with Crippen LogP contribution in [0.25, 0.3) is 16.2 Å². The molecule has 118 valence electrons. The standard InChI is InChI=1S/C15H15N5O2S/c1-22-10-6-4-9(5-7-10)12-14(21)20-15(18-17-12)23-13(19-20)11-3-2-8-16-11/h4-7,11,16H,2-3,8H2,1H3. The Hall–Kier alpha value is -2.32. The molecule has 1 atom stereocenters. The van der Waals surface area contributed by atoms with E-state index in [1.807, 2.05) is 0 Å². The normalized spacial score (nSPS) is 17.7. The van der Waals surface area contributed by atoms with Gasteiger partial charge in [0.1, 0.15) is 10.8 Å². The summed E-state index contributed by atoms with van der Waals surface area (Å²) >= 11 is 1.41. The van der Waals surface area contributed by atoms with Crippen LogP contribution in [0.15, 0.2) is 29.1 Å². The first kappa shape index (κ1) is 14.3. The highest BCUT2D eigenvalue weighted by Gasteiger charge is 2.22. The fourth-order valence-corrected chi connectivity index (χ4v) is 3.64. The molecule has 0 amide bonds. The first-order chi connectivity index (χ1) is 11.3. The van der Waals surface area contributed by atoms with Gasteiger partial charge in [-0.2, -0.15) is 9.61 Å². The van der Waals surface area contributed by atoms with Gasteiger partial charge in [0.25, 0.3) is 0 Å². The van der Waals surface area contributed by atoms with Crippen LogP contribution in [0.5, 0.6) is 5.75 Å². The molecule has 8 heteroatoms. The van der Waals surface area contributed by atoms with Gasteiger partial charge in [-0.15, -0.1) is 10.2 Å². The van der Waals surface area contributed by atoms with E-state index in [0.717, 1.165) is 30.1 Å². The predicted octanol–water partition coefficient (Wildman–Crippen LogP) is 1.65. The zero-order valence-corrected chi connectivity index (χ0v) is 13.3. The molecule has 4 rings (SSSR count). The highest BCUT2D eigenvalue weighted by atomic mass is 32.1. The van der Waals surface area contributed by atoms with Gasteiger partial charge in [0.15, 0.2) is 5.69 Å². The molecule has 2 aromatic heterocycles. The van der Waals surface area contributed by atoms with E-state index in [2.05, 4.69) is 20.6 Å². The van der Waals surface area contributed by atoms with Gasteiger partial charge in [0.05, 0.1) is 13.2 Å². The summed E-state index contributed by atoms with van der Waals surface area (Å²) in [5, 5.41) is 17.0. The van der Waals surface area contributed by atoms with E-state index in [-0.39, 0.29) is 11.6 Å².